The molecule has 0 heterocycles. The zero-order valence-corrected chi connectivity index (χ0v) is 9.28. The van der Waals surface area contributed by atoms with Gasteiger partial charge in [-0.3, -0.25) is 0 Å². The van der Waals surface area contributed by atoms with Gasteiger partial charge in [-0.1, -0.05) is 30.3 Å². The highest BCUT2D eigenvalue weighted by Gasteiger charge is 2.01. The second kappa shape index (κ2) is 5.67. The summed E-state index contributed by atoms with van der Waals surface area (Å²) in [6, 6.07) is 10.6. The first-order chi connectivity index (χ1) is 4.79. The first-order valence-corrected chi connectivity index (χ1v) is 5.58. The van der Waals surface area contributed by atoms with E-state index in [-0.39, 0.29) is 17.0 Å². The lowest BCUT2D eigenvalue weighted by atomic mass is 10.2. The largest absolute Gasteiger partial charge is 1.00 e. The van der Waals surface area contributed by atoms with E-state index in [0.29, 0.717) is 10.9 Å². The Kier molecular flexibility index (Phi) is 5.69. The van der Waals surface area contributed by atoms with Gasteiger partial charge in [-0.2, -0.15) is 0 Å². The highest BCUT2D eigenvalue weighted by molar-refractivity contribution is 7.94. The average Bonchev–Trinajstić information content (AvgIpc) is 1.88. The van der Waals surface area contributed by atoms with Crippen LogP contribution in [0.4, 0.5) is 0 Å². The van der Waals surface area contributed by atoms with Crippen LogP contribution in [0, 0.1) is 0 Å². The van der Waals surface area contributed by atoms with Gasteiger partial charge in [0, 0.05) is 5.56 Å². The fourth-order valence-corrected chi connectivity index (χ4v) is 1.77. The summed E-state index contributed by atoms with van der Waals surface area (Å²) < 4.78 is 0. The van der Waals surface area contributed by atoms with Crippen molar-refractivity contribution >= 4 is 10.9 Å². The average molecular weight is 233 g/mol. The van der Waals surface area contributed by atoms with Crippen molar-refractivity contribution in [3.8, 4) is 0 Å². The number of benzene rings is 1. The van der Waals surface area contributed by atoms with Crippen molar-refractivity contribution < 1.29 is 17.0 Å². The monoisotopic (exact) mass is 232 g/mol. The smallest absolute Gasteiger partial charge is 0.132 e. The Labute approximate surface area is 82.1 Å². The molecule has 0 bridgehead atoms. The third-order valence-corrected chi connectivity index (χ3v) is 2.21. The van der Waals surface area contributed by atoms with Crippen LogP contribution in [0.15, 0.2) is 30.3 Å². The van der Waals surface area contributed by atoms with Crippen LogP contribution < -0.4 is 17.0 Å². The van der Waals surface area contributed by atoms with Crippen LogP contribution in [0.5, 0.6) is 0 Å². The molecule has 0 N–H and O–H groups in total. The predicted octanol–water partition coefficient (Wildman–Crippen LogP) is -0.931. The summed E-state index contributed by atoms with van der Waals surface area (Å²) in [6.45, 7) is 0. The first-order valence-electron chi connectivity index (χ1n) is 3.37. The SMILES string of the molecule is C[S+](C)Cc1ccccc1.[Br-]. The first kappa shape index (κ1) is 11.1. The van der Waals surface area contributed by atoms with Gasteiger partial charge < -0.3 is 17.0 Å². The summed E-state index contributed by atoms with van der Waals surface area (Å²) in [5.74, 6) is 1.22. The molecule has 0 aromatic heterocycles. The molecular formula is C9H13BrS. The maximum atomic E-state index is 2.27. The van der Waals surface area contributed by atoms with Crippen LogP contribution in [0.1, 0.15) is 5.56 Å². The molecule has 0 nitrogen and oxygen atoms in total. The van der Waals surface area contributed by atoms with E-state index in [0.717, 1.165) is 0 Å². The molecule has 0 aliphatic rings. The normalized spacial score (nSPS) is 9.36. The summed E-state index contributed by atoms with van der Waals surface area (Å²) in [5.41, 5.74) is 1.45. The molecule has 11 heavy (non-hydrogen) atoms. The summed E-state index contributed by atoms with van der Waals surface area (Å²) in [4.78, 5) is 0. The molecule has 1 rings (SSSR count). The van der Waals surface area contributed by atoms with Gasteiger partial charge in [-0.15, -0.1) is 0 Å². The molecule has 0 aliphatic carbocycles. The van der Waals surface area contributed by atoms with Crippen molar-refractivity contribution in [3.63, 3.8) is 0 Å². The van der Waals surface area contributed by atoms with Crippen LogP contribution in [0.25, 0.3) is 0 Å². The molecule has 0 saturated heterocycles. The van der Waals surface area contributed by atoms with Crippen molar-refractivity contribution in [2.75, 3.05) is 12.5 Å². The van der Waals surface area contributed by atoms with Gasteiger partial charge in [0.2, 0.25) is 0 Å². The van der Waals surface area contributed by atoms with E-state index in [2.05, 4.69) is 42.8 Å². The fourth-order valence-electron chi connectivity index (χ4n) is 0.908. The topological polar surface area (TPSA) is 0 Å². The van der Waals surface area contributed by atoms with E-state index in [1.54, 1.807) is 0 Å². The van der Waals surface area contributed by atoms with E-state index in [4.69, 9.17) is 0 Å². The van der Waals surface area contributed by atoms with Gasteiger partial charge in [-0.05, 0) is 10.9 Å². The van der Waals surface area contributed by atoms with Gasteiger partial charge in [0.1, 0.15) is 5.75 Å². The van der Waals surface area contributed by atoms with E-state index >= 15 is 0 Å². The lowest BCUT2D eigenvalue weighted by Gasteiger charge is -1.95. The molecule has 62 valence electrons. The van der Waals surface area contributed by atoms with Gasteiger partial charge in [0.05, 0.1) is 12.5 Å². The Bertz CT molecular complexity index is 184. The summed E-state index contributed by atoms with van der Waals surface area (Å²) in [7, 11) is 0.533. The standard InChI is InChI=1S/C9H13S.BrH/c1-10(2)8-9-6-4-3-5-7-9;/h3-7H,8H2,1-2H3;1H/q+1;/p-1. The Morgan fingerprint density at radius 2 is 1.64 bits per heavy atom. The van der Waals surface area contributed by atoms with Gasteiger partial charge >= 0.3 is 0 Å². The molecule has 1 aromatic carbocycles. The van der Waals surface area contributed by atoms with Crippen LogP contribution >= 0.6 is 0 Å². The van der Waals surface area contributed by atoms with Crippen LogP contribution in [-0.2, 0) is 16.6 Å². The van der Waals surface area contributed by atoms with E-state index in [1.165, 1.54) is 11.3 Å². The Morgan fingerprint density at radius 1 is 1.09 bits per heavy atom. The number of halogens is 1. The fraction of sp³-hybridized carbons (Fsp3) is 0.333. The molecule has 0 radical (unpaired) electrons. The highest BCUT2D eigenvalue weighted by atomic mass is 79.9. The van der Waals surface area contributed by atoms with Crippen molar-refractivity contribution in [2.24, 2.45) is 0 Å². The number of rotatable bonds is 2. The lowest BCUT2D eigenvalue weighted by Crippen LogP contribution is -3.00. The van der Waals surface area contributed by atoms with E-state index < -0.39 is 0 Å². The van der Waals surface area contributed by atoms with Gasteiger partial charge in [0.25, 0.3) is 0 Å². The molecule has 2 heteroatoms. The minimum atomic E-state index is 0. The predicted molar refractivity (Wildman–Crippen MR) is 49.4 cm³/mol. The zero-order chi connectivity index (χ0) is 7.40. The second-order valence-electron chi connectivity index (χ2n) is 2.62. The molecule has 0 amide bonds. The van der Waals surface area contributed by atoms with Crippen molar-refractivity contribution in [1.82, 2.24) is 0 Å². The summed E-state index contributed by atoms with van der Waals surface area (Å²) in [6.07, 6.45) is 4.54. The second-order valence-corrected chi connectivity index (χ2v) is 4.88. The molecular weight excluding hydrogens is 220 g/mol. The molecule has 1 aromatic rings. The molecule has 0 unspecified atom stereocenters. The summed E-state index contributed by atoms with van der Waals surface area (Å²) >= 11 is 0. The van der Waals surface area contributed by atoms with Gasteiger partial charge in [0.15, 0.2) is 0 Å². The van der Waals surface area contributed by atoms with E-state index in [1.807, 2.05) is 0 Å². The number of hydrogen-bond donors (Lipinski definition) is 0. The Balaban J connectivity index is 0.000001000. The van der Waals surface area contributed by atoms with Crippen LogP contribution in [-0.4, -0.2) is 12.5 Å². The Morgan fingerprint density at radius 3 is 2.09 bits per heavy atom. The molecule has 0 aliphatic heterocycles. The lowest BCUT2D eigenvalue weighted by molar-refractivity contribution is -0.00000223. The molecule has 0 atom stereocenters. The third kappa shape index (κ3) is 4.49. The molecule has 0 saturated carbocycles. The third-order valence-electron chi connectivity index (χ3n) is 1.30. The van der Waals surface area contributed by atoms with Crippen molar-refractivity contribution in [1.29, 1.82) is 0 Å². The highest BCUT2D eigenvalue weighted by Crippen LogP contribution is 2.03. The van der Waals surface area contributed by atoms with E-state index in [9.17, 15) is 0 Å². The maximum absolute atomic E-state index is 2.27. The van der Waals surface area contributed by atoms with Crippen LogP contribution in [0.2, 0.25) is 0 Å². The molecule has 0 fully saturated rings. The minimum absolute atomic E-state index is 0. The van der Waals surface area contributed by atoms with Crippen molar-refractivity contribution in [3.05, 3.63) is 35.9 Å². The van der Waals surface area contributed by atoms with Gasteiger partial charge in [-0.25, -0.2) is 0 Å². The maximum Gasteiger partial charge on any atom is 0.132 e. The Hall–Kier alpha value is 0.0500. The number of hydrogen-bond acceptors (Lipinski definition) is 0. The zero-order valence-electron chi connectivity index (χ0n) is 6.88. The minimum Gasteiger partial charge on any atom is -1.00 e. The summed E-state index contributed by atoms with van der Waals surface area (Å²) in [5, 5.41) is 0. The molecule has 0 spiro atoms. The quantitative estimate of drug-likeness (QED) is 0.579. The van der Waals surface area contributed by atoms with Crippen LogP contribution in [0.3, 0.4) is 0 Å². The van der Waals surface area contributed by atoms with Crippen molar-refractivity contribution in [2.45, 2.75) is 5.75 Å².